The number of carbonyl (C=O) groups excluding carboxylic acids is 1. The zero-order valence-corrected chi connectivity index (χ0v) is 15.0. The Morgan fingerprint density at radius 3 is 2.12 bits per heavy atom. The van der Waals surface area contributed by atoms with Gasteiger partial charge in [-0.15, -0.1) is 0 Å². The van der Waals surface area contributed by atoms with E-state index in [1.54, 1.807) is 32.4 Å². The molecule has 1 aromatic heterocycles. The van der Waals surface area contributed by atoms with E-state index in [0.717, 1.165) is 5.39 Å². The average molecular weight is 353 g/mol. The lowest BCUT2D eigenvalue weighted by Gasteiger charge is -2.14. The second-order valence-electron chi connectivity index (χ2n) is 5.45. The summed E-state index contributed by atoms with van der Waals surface area (Å²) in [6.45, 7) is 0. The van der Waals surface area contributed by atoms with Crippen LogP contribution in [0.3, 0.4) is 0 Å². The molecule has 0 spiro atoms. The smallest absolute Gasteiger partial charge is 0.258 e. The molecule has 26 heavy (non-hydrogen) atoms. The minimum atomic E-state index is -0.247. The van der Waals surface area contributed by atoms with Gasteiger partial charge in [-0.05, 0) is 18.2 Å². The van der Waals surface area contributed by atoms with Crippen molar-refractivity contribution in [1.29, 1.82) is 0 Å². The predicted molar refractivity (Wildman–Crippen MR) is 97.8 cm³/mol. The molecule has 0 aliphatic rings. The Kier molecular flexibility index (Phi) is 4.93. The van der Waals surface area contributed by atoms with Crippen molar-refractivity contribution in [3.8, 4) is 23.1 Å². The molecule has 0 aliphatic carbocycles. The third kappa shape index (κ3) is 2.90. The first-order valence-electron chi connectivity index (χ1n) is 7.92. The summed E-state index contributed by atoms with van der Waals surface area (Å²) in [6, 6.07) is 12.4. The largest absolute Gasteiger partial charge is 0.493 e. The average Bonchev–Trinajstić information content (AvgIpc) is 2.71. The number of ether oxygens (including phenoxy) is 4. The number of methoxy groups -OCH3 is 4. The molecule has 3 rings (SSSR count). The number of pyridine rings is 1. The van der Waals surface area contributed by atoms with E-state index < -0.39 is 0 Å². The third-order valence-corrected chi connectivity index (χ3v) is 4.09. The van der Waals surface area contributed by atoms with Crippen LogP contribution in [0, 0.1) is 0 Å². The first-order chi connectivity index (χ1) is 12.6. The van der Waals surface area contributed by atoms with Gasteiger partial charge >= 0.3 is 0 Å². The lowest BCUT2D eigenvalue weighted by molar-refractivity contribution is 0.103. The van der Waals surface area contributed by atoms with E-state index in [1.165, 1.54) is 14.2 Å². The van der Waals surface area contributed by atoms with E-state index in [1.807, 2.05) is 24.3 Å². The number of benzene rings is 2. The van der Waals surface area contributed by atoms with Gasteiger partial charge < -0.3 is 18.9 Å². The quantitative estimate of drug-likeness (QED) is 0.632. The molecule has 0 saturated carbocycles. The molecule has 3 aromatic rings. The molecule has 0 aliphatic heterocycles. The van der Waals surface area contributed by atoms with Crippen molar-refractivity contribution < 1.29 is 23.7 Å². The second-order valence-corrected chi connectivity index (χ2v) is 5.45. The zero-order chi connectivity index (χ0) is 18.7. The van der Waals surface area contributed by atoms with Crippen LogP contribution < -0.4 is 18.9 Å². The van der Waals surface area contributed by atoms with Crippen LogP contribution in [0.1, 0.15) is 16.1 Å². The summed E-state index contributed by atoms with van der Waals surface area (Å²) in [5.41, 5.74) is 0.720. The van der Waals surface area contributed by atoms with Gasteiger partial charge in [0, 0.05) is 16.3 Å². The normalized spacial score (nSPS) is 10.5. The van der Waals surface area contributed by atoms with Crippen LogP contribution in [0.5, 0.6) is 23.1 Å². The van der Waals surface area contributed by atoms with Crippen molar-refractivity contribution in [3.05, 3.63) is 53.7 Å². The maximum atomic E-state index is 13.1. The maximum Gasteiger partial charge on any atom is 0.258 e. The lowest BCUT2D eigenvalue weighted by atomic mass is 10.0. The fourth-order valence-corrected chi connectivity index (χ4v) is 2.84. The molecule has 1 heterocycles. The molecule has 0 radical (unpaired) electrons. The Morgan fingerprint density at radius 2 is 1.50 bits per heavy atom. The minimum Gasteiger partial charge on any atom is -0.493 e. The van der Waals surface area contributed by atoms with Gasteiger partial charge in [-0.2, -0.15) is 0 Å². The minimum absolute atomic E-state index is 0.247. The maximum absolute atomic E-state index is 13.1. The zero-order valence-electron chi connectivity index (χ0n) is 15.0. The molecule has 6 nitrogen and oxygen atoms in total. The van der Waals surface area contributed by atoms with Gasteiger partial charge in [0.05, 0.1) is 28.4 Å². The summed E-state index contributed by atoms with van der Waals surface area (Å²) in [5.74, 6) is 1.53. The molecule has 0 bridgehead atoms. The van der Waals surface area contributed by atoms with Gasteiger partial charge in [-0.3, -0.25) is 4.79 Å². The molecule has 0 atom stereocenters. The van der Waals surface area contributed by atoms with Crippen LogP contribution in [-0.2, 0) is 0 Å². The number of fused-ring (bicyclic) bond motifs is 1. The van der Waals surface area contributed by atoms with Crippen molar-refractivity contribution in [2.24, 2.45) is 0 Å². The monoisotopic (exact) mass is 353 g/mol. The fourth-order valence-electron chi connectivity index (χ4n) is 2.84. The van der Waals surface area contributed by atoms with Gasteiger partial charge in [-0.1, -0.05) is 24.3 Å². The summed E-state index contributed by atoms with van der Waals surface area (Å²) < 4.78 is 21.3. The number of carbonyl (C=O) groups is 1. The standard InChI is InChI=1S/C20H19NO5/c1-23-15-10-9-12(11-16(15)24-2)18(22)17-13-7-5-6-8-14(13)19(25-3)20(21-17)26-4/h5-11H,1-4H3. The van der Waals surface area contributed by atoms with Crippen molar-refractivity contribution in [3.63, 3.8) is 0 Å². The van der Waals surface area contributed by atoms with Crippen LogP contribution in [0.2, 0.25) is 0 Å². The topological polar surface area (TPSA) is 66.9 Å². The Bertz CT molecular complexity index is 968. The first-order valence-corrected chi connectivity index (χ1v) is 7.92. The van der Waals surface area contributed by atoms with Gasteiger partial charge in [0.25, 0.3) is 5.88 Å². The van der Waals surface area contributed by atoms with Gasteiger partial charge in [0.1, 0.15) is 5.69 Å². The highest BCUT2D eigenvalue weighted by Gasteiger charge is 2.21. The molecule has 0 N–H and O–H groups in total. The van der Waals surface area contributed by atoms with Crippen LogP contribution in [0.15, 0.2) is 42.5 Å². The molecule has 0 unspecified atom stereocenters. The first kappa shape index (κ1) is 17.5. The number of ketones is 1. The van der Waals surface area contributed by atoms with E-state index in [4.69, 9.17) is 18.9 Å². The Morgan fingerprint density at radius 1 is 0.808 bits per heavy atom. The highest BCUT2D eigenvalue weighted by Crippen LogP contribution is 2.36. The van der Waals surface area contributed by atoms with Crippen LogP contribution in [0.4, 0.5) is 0 Å². The van der Waals surface area contributed by atoms with E-state index in [2.05, 4.69) is 4.98 Å². The Hall–Kier alpha value is -3.28. The van der Waals surface area contributed by atoms with Gasteiger partial charge in [0.2, 0.25) is 5.78 Å². The number of hydrogen-bond acceptors (Lipinski definition) is 6. The number of rotatable bonds is 6. The fraction of sp³-hybridized carbons (Fsp3) is 0.200. The van der Waals surface area contributed by atoms with Crippen molar-refractivity contribution in [2.45, 2.75) is 0 Å². The van der Waals surface area contributed by atoms with Crippen molar-refractivity contribution in [2.75, 3.05) is 28.4 Å². The summed E-state index contributed by atoms with van der Waals surface area (Å²) in [5, 5.41) is 1.44. The second kappa shape index (κ2) is 7.31. The van der Waals surface area contributed by atoms with Crippen LogP contribution >= 0.6 is 0 Å². The summed E-state index contributed by atoms with van der Waals surface area (Å²) in [4.78, 5) is 17.5. The molecular formula is C20H19NO5. The van der Waals surface area contributed by atoms with Crippen LogP contribution in [0.25, 0.3) is 10.8 Å². The molecule has 134 valence electrons. The third-order valence-electron chi connectivity index (χ3n) is 4.09. The summed E-state index contributed by atoms with van der Waals surface area (Å²) >= 11 is 0. The highest BCUT2D eigenvalue weighted by atomic mass is 16.5. The van der Waals surface area contributed by atoms with Gasteiger partial charge in [-0.25, -0.2) is 4.98 Å². The van der Waals surface area contributed by atoms with Crippen molar-refractivity contribution >= 4 is 16.6 Å². The highest BCUT2D eigenvalue weighted by molar-refractivity contribution is 6.16. The molecule has 0 amide bonds. The van der Waals surface area contributed by atoms with Crippen molar-refractivity contribution in [1.82, 2.24) is 4.98 Å². The predicted octanol–water partition coefficient (Wildman–Crippen LogP) is 3.50. The number of aromatic nitrogens is 1. The number of nitrogens with zero attached hydrogens (tertiary/aromatic N) is 1. The van der Waals surface area contributed by atoms with E-state index >= 15 is 0 Å². The summed E-state index contributed by atoms with van der Waals surface area (Å²) in [6.07, 6.45) is 0. The Balaban J connectivity index is 2.20. The summed E-state index contributed by atoms with van der Waals surface area (Å²) in [7, 11) is 6.10. The SMILES string of the molecule is COc1ccc(C(=O)c2nc(OC)c(OC)c3ccccc23)cc1OC. The molecule has 6 heteroatoms. The van der Waals surface area contributed by atoms with E-state index in [-0.39, 0.29) is 17.4 Å². The molecule has 0 saturated heterocycles. The molecular weight excluding hydrogens is 334 g/mol. The number of hydrogen-bond donors (Lipinski definition) is 0. The van der Waals surface area contributed by atoms with Crippen LogP contribution in [-0.4, -0.2) is 39.2 Å². The molecule has 0 fully saturated rings. The van der Waals surface area contributed by atoms with E-state index in [9.17, 15) is 4.79 Å². The Labute approximate surface area is 151 Å². The molecule has 2 aromatic carbocycles. The van der Waals surface area contributed by atoms with E-state index in [0.29, 0.717) is 28.2 Å². The van der Waals surface area contributed by atoms with Gasteiger partial charge in [0.15, 0.2) is 17.2 Å². The lowest BCUT2D eigenvalue weighted by Crippen LogP contribution is -2.08.